The highest BCUT2D eigenvalue weighted by molar-refractivity contribution is 5.94. The van der Waals surface area contributed by atoms with Crippen LogP contribution in [-0.4, -0.2) is 42.0 Å². The molecule has 0 N–H and O–H groups in total. The first-order chi connectivity index (χ1) is 9.74. The summed E-state index contributed by atoms with van der Waals surface area (Å²) in [5.41, 5.74) is 0.723. The van der Waals surface area contributed by atoms with Gasteiger partial charge in [0.2, 0.25) is 0 Å². The van der Waals surface area contributed by atoms with Crippen molar-refractivity contribution < 1.29 is 4.79 Å². The number of likely N-dealkylation sites (tertiary alicyclic amines) is 1. The standard InChI is InChI=1S/C16H23N3O/c1-13-6-10-18(11-7-13)15-5-4-14(12-17-15)16(20)19-8-2-3-9-19/h4-5,12-13H,2-3,6-11H2,1H3. The smallest absolute Gasteiger partial charge is 0.255 e. The minimum absolute atomic E-state index is 0.133. The molecule has 2 aliphatic rings. The number of carbonyl (C=O) groups excluding carboxylic acids is 1. The van der Waals surface area contributed by atoms with Gasteiger partial charge in [-0.3, -0.25) is 4.79 Å². The molecular formula is C16H23N3O. The zero-order valence-corrected chi connectivity index (χ0v) is 12.2. The van der Waals surface area contributed by atoms with E-state index in [9.17, 15) is 4.79 Å². The Balaban J connectivity index is 1.66. The van der Waals surface area contributed by atoms with Crippen LogP contribution in [0.1, 0.15) is 43.0 Å². The molecule has 1 amide bonds. The molecule has 0 radical (unpaired) electrons. The fourth-order valence-electron chi connectivity index (χ4n) is 3.04. The Morgan fingerprint density at radius 2 is 1.85 bits per heavy atom. The first-order valence-electron chi connectivity index (χ1n) is 7.74. The second-order valence-electron chi connectivity index (χ2n) is 6.07. The number of hydrogen-bond acceptors (Lipinski definition) is 3. The van der Waals surface area contributed by atoms with Crippen LogP contribution in [0.15, 0.2) is 18.3 Å². The molecule has 1 aromatic rings. The van der Waals surface area contributed by atoms with Gasteiger partial charge in [-0.1, -0.05) is 6.92 Å². The quantitative estimate of drug-likeness (QED) is 0.831. The van der Waals surface area contributed by atoms with Crippen molar-refractivity contribution in [2.75, 3.05) is 31.1 Å². The van der Waals surface area contributed by atoms with E-state index >= 15 is 0 Å². The minimum atomic E-state index is 0.133. The first kappa shape index (κ1) is 13.4. The van der Waals surface area contributed by atoms with Crippen molar-refractivity contribution in [1.29, 1.82) is 0 Å². The van der Waals surface area contributed by atoms with Gasteiger partial charge in [0.15, 0.2) is 0 Å². The van der Waals surface area contributed by atoms with Gasteiger partial charge in [0.05, 0.1) is 5.56 Å². The summed E-state index contributed by atoms with van der Waals surface area (Å²) in [6, 6.07) is 3.93. The number of carbonyl (C=O) groups is 1. The van der Waals surface area contributed by atoms with Crippen LogP contribution < -0.4 is 4.90 Å². The molecule has 108 valence electrons. The fraction of sp³-hybridized carbons (Fsp3) is 0.625. The van der Waals surface area contributed by atoms with Gasteiger partial charge < -0.3 is 9.80 Å². The highest BCUT2D eigenvalue weighted by Crippen LogP contribution is 2.21. The Bertz CT molecular complexity index is 457. The molecule has 1 aromatic heterocycles. The number of hydrogen-bond donors (Lipinski definition) is 0. The van der Waals surface area contributed by atoms with Crippen LogP contribution in [-0.2, 0) is 0 Å². The lowest BCUT2D eigenvalue weighted by atomic mass is 9.99. The van der Waals surface area contributed by atoms with Crippen LogP contribution in [0, 0.1) is 5.92 Å². The molecule has 0 aromatic carbocycles. The molecule has 0 saturated carbocycles. The second kappa shape index (κ2) is 5.81. The van der Waals surface area contributed by atoms with Crippen molar-refractivity contribution >= 4 is 11.7 Å². The monoisotopic (exact) mass is 273 g/mol. The lowest BCUT2D eigenvalue weighted by molar-refractivity contribution is 0.0792. The van der Waals surface area contributed by atoms with Crippen LogP contribution in [0.4, 0.5) is 5.82 Å². The van der Waals surface area contributed by atoms with E-state index in [1.165, 1.54) is 12.8 Å². The third-order valence-electron chi connectivity index (χ3n) is 4.50. The third kappa shape index (κ3) is 2.79. The molecule has 0 unspecified atom stereocenters. The first-order valence-corrected chi connectivity index (χ1v) is 7.74. The Morgan fingerprint density at radius 1 is 1.15 bits per heavy atom. The topological polar surface area (TPSA) is 36.4 Å². The van der Waals surface area contributed by atoms with Crippen molar-refractivity contribution in [2.45, 2.75) is 32.6 Å². The maximum atomic E-state index is 12.2. The summed E-state index contributed by atoms with van der Waals surface area (Å²) in [6.07, 6.45) is 6.47. The van der Waals surface area contributed by atoms with Gasteiger partial charge in [-0.2, -0.15) is 0 Å². The Morgan fingerprint density at radius 3 is 2.45 bits per heavy atom. The number of aromatic nitrogens is 1. The van der Waals surface area contributed by atoms with Gasteiger partial charge in [0.1, 0.15) is 5.82 Å². The molecule has 3 rings (SSSR count). The predicted molar refractivity (Wildman–Crippen MR) is 80.0 cm³/mol. The van der Waals surface area contributed by atoms with Crippen LogP contribution in [0.5, 0.6) is 0 Å². The molecule has 0 bridgehead atoms. The average molecular weight is 273 g/mol. The van der Waals surface area contributed by atoms with E-state index in [0.717, 1.165) is 56.3 Å². The van der Waals surface area contributed by atoms with Crippen LogP contribution in [0.2, 0.25) is 0 Å². The highest BCUT2D eigenvalue weighted by atomic mass is 16.2. The molecule has 0 spiro atoms. The number of rotatable bonds is 2. The Kier molecular flexibility index (Phi) is 3.90. The maximum absolute atomic E-state index is 12.2. The molecule has 2 aliphatic heterocycles. The van der Waals surface area contributed by atoms with Crippen LogP contribution >= 0.6 is 0 Å². The molecule has 2 saturated heterocycles. The summed E-state index contributed by atoms with van der Waals surface area (Å²) in [5, 5.41) is 0. The molecule has 0 aliphatic carbocycles. The molecule has 20 heavy (non-hydrogen) atoms. The second-order valence-corrected chi connectivity index (χ2v) is 6.07. The van der Waals surface area contributed by atoms with Gasteiger partial charge in [-0.05, 0) is 43.7 Å². The summed E-state index contributed by atoms with van der Waals surface area (Å²) < 4.78 is 0. The zero-order chi connectivity index (χ0) is 13.9. The van der Waals surface area contributed by atoms with Crippen molar-refractivity contribution in [3.05, 3.63) is 23.9 Å². The van der Waals surface area contributed by atoms with Gasteiger partial charge in [-0.25, -0.2) is 4.98 Å². The fourth-order valence-corrected chi connectivity index (χ4v) is 3.04. The van der Waals surface area contributed by atoms with Crippen molar-refractivity contribution in [1.82, 2.24) is 9.88 Å². The van der Waals surface area contributed by atoms with E-state index in [0.29, 0.717) is 0 Å². The molecule has 0 atom stereocenters. The molecule has 3 heterocycles. The van der Waals surface area contributed by atoms with E-state index in [2.05, 4.69) is 16.8 Å². The summed E-state index contributed by atoms with van der Waals surface area (Å²) in [4.78, 5) is 21.0. The number of piperidine rings is 1. The highest BCUT2D eigenvalue weighted by Gasteiger charge is 2.21. The summed E-state index contributed by atoms with van der Waals surface area (Å²) in [5.74, 6) is 1.96. The van der Waals surface area contributed by atoms with Crippen LogP contribution in [0.3, 0.4) is 0 Å². The molecular weight excluding hydrogens is 250 g/mol. The van der Waals surface area contributed by atoms with E-state index in [1.54, 1.807) is 6.20 Å². The third-order valence-corrected chi connectivity index (χ3v) is 4.50. The predicted octanol–water partition coefficient (Wildman–Crippen LogP) is 2.55. The summed E-state index contributed by atoms with van der Waals surface area (Å²) in [6.45, 7) is 6.25. The van der Waals surface area contributed by atoms with E-state index in [1.807, 2.05) is 17.0 Å². The molecule has 4 nitrogen and oxygen atoms in total. The zero-order valence-electron chi connectivity index (χ0n) is 12.2. The molecule has 2 fully saturated rings. The number of nitrogens with zero attached hydrogens (tertiary/aromatic N) is 3. The number of anilines is 1. The summed E-state index contributed by atoms with van der Waals surface area (Å²) in [7, 11) is 0. The van der Waals surface area contributed by atoms with Gasteiger partial charge in [-0.15, -0.1) is 0 Å². The number of amides is 1. The lowest BCUT2D eigenvalue weighted by Gasteiger charge is -2.31. The average Bonchev–Trinajstić information content (AvgIpc) is 3.02. The van der Waals surface area contributed by atoms with Gasteiger partial charge in [0.25, 0.3) is 5.91 Å². The Labute approximate surface area is 120 Å². The van der Waals surface area contributed by atoms with Crippen molar-refractivity contribution in [2.24, 2.45) is 5.92 Å². The van der Waals surface area contributed by atoms with Gasteiger partial charge in [0, 0.05) is 32.4 Å². The maximum Gasteiger partial charge on any atom is 0.255 e. The molecule has 4 heteroatoms. The number of pyridine rings is 1. The van der Waals surface area contributed by atoms with E-state index in [-0.39, 0.29) is 5.91 Å². The SMILES string of the molecule is CC1CCN(c2ccc(C(=O)N3CCCC3)cn2)CC1. The lowest BCUT2D eigenvalue weighted by Crippen LogP contribution is -2.33. The van der Waals surface area contributed by atoms with E-state index in [4.69, 9.17) is 0 Å². The summed E-state index contributed by atoms with van der Waals surface area (Å²) >= 11 is 0. The normalized spacial score (nSPS) is 20.4. The van der Waals surface area contributed by atoms with Crippen molar-refractivity contribution in [3.8, 4) is 0 Å². The van der Waals surface area contributed by atoms with E-state index < -0.39 is 0 Å². The van der Waals surface area contributed by atoms with Gasteiger partial charge >= 0.3 is 0 Å². The Hall–Kier alpha value is -1.58. The van der Waals surface area contributed by atoms with Crippen LogP contribution in [0.25, 0.3) is 0 Å². The van der Waals surface area contributed by atoms with Crippen molar-refractivity contribution in [3.63, 3.8) is 0 Å². The largest absolute Gasteiger partial charge is 0.357 e. The minimum Gasteiger partial charge on any atom is -0.357 e.